The van der Waals surface area contributed by atoms with E-state index in [0.29, 0.717) is 0 Å². The van der Waals surface area contributed by atoms with E-state index in [4.69, 9.17) is 4.55 Å². The predicted octanol–water partition coefficient (Wildman–Crippen LogP) is -1.05. The molecule has 0 radical (unpaired) electrons. The number of ether oxygens (including phenoxy) is 1. The van der Waals surface area contributed by atoms with E-state index in [2.05, 4.69) is 4.74 Å². The lowest BCUT2D eigenvalue weighted by Gasteiger charge is -2.35. The summed E-state index contributed by atoms with van der Waals surface area (Å²) < 4.78 is 34.4. The summed E-state index contributed by atoms with van der Waals surface area (Å²) in [6.07, 6.45) is -0.309. The molecule has 80 valence electrons. The van der Waals surface area contributed by atoms with Gasteiger partial charge in [0.05, 0.1) is 26.0 Å². The zero-order valence-electron chi connectivity index (χ0n) is 7.34. The van der Waals surface area contributed by atoms with Gasteiger partial charge in [0.2, 0.25) is 5.91 Å². The molecule has 1 saturated heterocycles. The van der Waals surface area contributed by atoms with Gasteiger partial charge in [-0.05, 0) is 0 Å². The van der Waals surface area contributed by atoms with Crippen LogP contribution in [0.3, 0.4) is 0 Å². The maximum absolute atomic E-state index is 10.8. The average molecular weight is 223 g/mol. The van der Waals surface area contributed by atoms with E-state index >= 15 is 0 Å². The summed E-state index contributed by atoms with van der Waals surface area (Å²) in [4.78, 5) is 21.5. The fourth-order valence-corrected chi connectivity index (χ4v) is 2.07. The van der Waals surface area contributed by atoms with E-state index in [1.54, 1.807) is 0 Å². The van der Waals surface area contributed by atoms with E-state index in [0.717, 1.165) is 7.11 Å². The predicted molar refractivity (Wildman–Crippen MR) is 43.4 cm³/mol. The number of hydrogen-bond donors (Lipinski definition) is 1. The standard InChI is InChI=1S/C6H9NO6S/c1-13-6(9)3-4-2-5(8)7(4)14(10,11)12/h4H,2-3H2,1H3,(H,10,11,12). The van der Waals surface area contributed by atoms with Gasteiger partial charge in [-0.1, -0.05) is 0 Å². The highest BCUT2D eigenvalue weighted by atomic mass is 32.2. The Labute approximate surface area is 80.5 Å². The zero-order chi connectivity index (χ0) is 10.9. The van der Waals surface area contributed by atoms with Crippen molar-refractivity contribution in [3.8, 4) is 0 Å². The largest absolute Gasteiger partial charge is 0.469 e. The first-order chi connectivity index (χ1) is 6.36. The monoisotopic (exact) mass is 223 g/mol. The van der Waals surface area contributed by atoms with Crippen molar-refractivity contribution < 1.29 is 27.3 Å². The molecule has 1 heterocycles. The minimum absolute atomic E-state index is 0.0745. The molecule has 1 fully saturated rings. The van der Waals surface area contributed by atoms with Gasteiger partial charge in [0.25, 0.3) is 0 Å². The summed E-state index contributed by atoms with van der Waals surface area (Å²) in [5.74, 6) is -1.35. The van der Waals surface area contributed by atoms with Gasteiger partial charge in [-0.2, -0.15) is 8.42 Å². The van der Waals surface area contributed by atoms with E-state index in [1.165, 1.54) is 0 Å². The Morgan fingerprint density at radius 2 is 2.29 bits per heavy atom. The van der Waals surface area contributed by atoms with Gasteiger partial charge in [0, 0.05) is 0 Å². The van der Waals surface area contributed by atoms with Crippen LogP contribution in [0.2, 0.25) is 0 Å². The molecule has 0 spiro atoms. The number of carbonyl (C=O) groups excluding carboxylic acids is 2. The Morgan fingerprint density at radius 1 is 1.71 bits per heavy atom. The summed E-state index contributed by atoms with van der Waals surface area (Å²) >= 11 is 0. The van der Waals surface area contributed by atoms with Crippen molar-refractivity contribution >= 4 is 22.2 Å². The molecular weight excluding hydrogens is 214 g/mol. The lowest BCUT2D eigenvalue weighted by atomic mass is 10.0. The van der Waals surface area contributed by atoms with Crippen LogP contribution in [0.15, 0.2) is 0 Å². The van der Waals surface area contributed by atoms with E-state index in [1.807, 2.05) is 0 Å². The molecule has 0 aromatic carbocycles. The summed E-state index contributed by atoms with van der Waals surface area (Å²) in [6.45, 7) is 0. The van der Waals surface area contributed by atoms with Crippen LogP contribution in [-0.2, 0) is 24.6 Å². The molecule has 1 amide bonds. The highest BCUT2D eigenvalue weighted by Crippen LogP contribution is 2.25. The molecule has 1 unspecified atom stereocenters. The minimum atomic E-state index is -4.54. The Morgan fingerprint density at radius 3 is 2.64 bits per heavy atom. The van der Waals surface area contributed by atoms with Crippen molar-refractivity contribution in [2.24, 2.45) is 0 Å². The SMILES string of the molecule is COC(=O)CC1CC(=O)N1S(=O)(=O)O. The van der Waals surface area contributed by atoms with E-state index in [-0.39, 0.29) is 17.1 Å². The molecule has 0 aliphatic carbocycles. The zero-order valence-corrected chi connectivity index (χ0v) is 8.15. The third-order valence-electron chi connectivity index (χ3n) is 1.87. The highest BCUT2D eigenvalue weighted by molar-refractivity contribution is 7.84. The minimum Gasteiger partial charge on any atom is -0.469 e. The van der Waals surface area contributed by atoms with Crippen molar-refractivity contribution in [3.63, 3.8) is 0 Å². The number of esters is 1. The highest BCUT2D eigenvalue weighted by Gasteiger charge is 2.44. The van der Waals surface area contributed by atoms with Crippen LogP contribution >= 0.6 is 0 Å². The Hall–Kier alpha value is -1.15. The van der Waals surface area contributed by atoms with Gasteiger partial charge in [-0.15, -0.1) is 0 Å². The number of carbonyl (C=O) groups is 2. The molecule has 1 aliphatic heterocycles. The van der Waals surface area contributed by atoms with Crippen molar-refractivity contribution in [1.82, 2.24) is 4.31 Å². The number of nitrogens with zero attached hydrogens (tertiary/aromatic N) is 1. The number of rotatable bonds is 3. The second-order valence-corrected chi connectivity index (χ2v) is 4.09. The van der Waals surface area contributed by atoms with Crippen molar-refractivity contribution in [2.75, 3.05) is 7.11 Å². The fourth-order valence-electron chi connectivity index (χ4n) is 1.21. The maximum atomic E-state index is 10.8. The van der Waals surface area contributed by atoms with E-state index in [9.17, 15) is 18.0 Å². The molecule has 1 atom stereocenters. The van der Waals surface area contributed by atoms with Crippen LogP contribution in [-0.4, -0.2) is 42.3 Å². The summed E-state index contributed by atoms with van der Waals surface area (Å²) in [6, 6.07) is -0.815. The topological polar surface area (TPSA) is 101 Å². The van der Waals surface area contributed by atoms with Gasteiger partial charge < -0.3 is 4.74 Å². The van der Waals surface area contributed by atoms with Crippen molar-refractivity contribution in [3.05, 3.63) is 0 Å². The molecule has 0 aromatic rings. The fraction of sp³-hybridized carbons (Fsp3) is 0.667. The average Bonchev–Trinajstić information content (AvgIpc) is 1.99. The molecule has 14 heavy (non-hydrogen) atoms. The molecule has 1 rings (SSSR count). The van der Waals surface area contributed by atoms with Gasteiger partial charge in [0.15, 0.2) is 0 Å². The molecule has 7 nitrogen and oxygen atoms in total. The normalized spacial score (nSPS) is 21.7. The third-order valence-corrected chi connectivity index (χ3v) is 2.87. The molecule has 0 aromatic heterocycles. The summed E-state index contributed by atoms with van der Waals surface area (Å²) in [5, 5.41) is 0. The molecule has 1 N–H and O–H groups in total. The van der Waals surface area contributed by atoms with Crippen LogP contribution in [0.5, 0.6) is 0 Å². The smallest absolute Gasteiger partial charge is 0.362 e. The van der Waals surface area contributed by atoms with Gasteiger partial charge >= 0.3 is 16.3 Å². The second-order valence-electron chi connectivity index (χ2n) is 2.81. The van der Waals surface area contributed by atoms with Gasteiger partial charge in [-0.3, -0.25) is 14.1 Å². The van der Waals surface area contributed by atoms with E-state index < -0.39 is 28.2 Å². The first kappa shape index (κ1) is 10.9. The van der Waals surface area contributed by atoms with Gasteiger partial charge in [-0.25, -0.2) is 4.31 Å². The lowest BCUT2D eigenvalue weighted by molar-refractivity contribution is -0.146. The lowest BCUT2D eigenvalue weighted by Crippen LogP contribution is -2.55. The molecule has 8 heteroatoms. The first-order valence-corrected chi connectivity index (χ1v) is 5.12. The van der Waals surface area contributed by atoms with Crippen molar-refractivity contribution in [2.45, 2.75) is 18.9 Å². The van der Waals surface area contributed by atoms with Crippen molar-refractivity contribution in [1.29, 1.82) is 0 Å². The quantitative estimate of drug-likeness (QED) is 0.372. The summed E-state index contributed by atoms with van der Waals surface area (Å²) in [7, 11) is -3.39. The molecule has 0 bridgehead atoms. The van der Waals surface area contributed by atoms with Gasteiger partial charge in [0.1, 0.15) is 0 Å². The Balaban J connectivity index is 2.67. The molecule has 0 saturated carbocycles. The van der Waals surface area contributed by atoms with Crippen LogP contribution < -0.4 is 0 Å². The molecule has 1 aliphatic rings. The second kappa shape index (κ2) is 3.54. The Kier molecular flexibility index (Phi) is 2.76. The first-order valence-electron chi connectivity index (χ1n) is 3.72. The Bertz CT molecular complexity index is 361. The summed E-state index contributed by atoms with van der Waals surface area (Å²) in [5.41, 5.74) is 0. The number of hydrogen-bond acceptors (Lipinski definition) is 5. The third kappa shape index (κ3) is 2.02. The number of methoxy groups -OCH3 is 1. The molecular formula is C6H9NO6S. The van der Waals surface area contributed by atoms with Crippen LogP contribution in [0.4, 0.5) is 0 Å². The number of amides is 1. The van der Waals surface area contributed by atoms with Crippen LogP contribution in [0.1, 0.15) is 12.8 Å². The number of β-lactam (4-membered cyclic amide) rings is 1. The van der Waals surface area contributed by atoms with Crippen LogP contribution in [0.25, 0.3) is 0 Å². The van der Waals surface area contributed by atoms with Crippen LogP contribution in [0, 0.1) is 0 Å². The maximum Gasteiger partial charge on any atom is 0.362 e.